The molecule has 52 heavy (non-hydrogen) atoms. The van der Waals surface area contributed by atoms with E-state index in [2.05, 4.69) is 11.3 Å². The van der Waals surface area contributed by atoms with Gasteiger partial charge < -0.3 is 4.74 Å². The van der Waals surface area contributed by atoms with Crippen molar-refractivity contribution in [2.24, 2.45) is 0 Å². The Bertz CT molecular complexity index is 1360. The number of hydrogen-bond acceptors (Lipinski definition) is 2. The van der Waals surface area contributed by atoms with Crippen LogP contribution in [0.1, 0.15) is 6.92 Å². The van der Waals surface area contributed by atoms with Crippen molar-refractivity contribution < 1.29 is 146 Å². The van der Waals surface area contributed by atoms with Crippen LogP contribution in [0, 0.1) is 0 Å². The van der Waals surface area contributed by atoms with E-state index in [1.807, 2.05) is 0 Å². The Morgan fingerprint density at radius 2 is 0.481 bits per heavy atom. The highest BCUT2D eigenvalue weighted by Crippen LogP contribution is 2.69. The third-order valence-corrected chi connectivity index (χ3v) is 6.02. The largest absolute Gasteiger partial charge is 0.473 e. The summed E-state index contributed by atoms with van der Waals surface area (Å²) >= 11 is 0. The van der Waals surface area contributed by atoms with Crippen LogP contribution in [0.25, 0.3) is 0 Å². The lowest BCUT2D eigenvalue weighted by molar-refractivity contribution is -0.492. The van der Waals surface area contributed by atoms with E-state index >= 15 is 0 Å². The van der Waals surface area contributed by atoms with Crippen molar-refractivity contribution in [3.8, 4) is 0 Å². The molecule has 0 atom stereocenters. The van der Waals surface area contributed by atoms with Gasteiger partial charge in [0, 0.05) is 5.57 Å². The fourth-order valence-electron chi connectivity index (χ4n) is 2.80. The lowest BCUT2D eigenvalue weighted by Crippen LogP contribution is -2.79. The third-order valence-electron chi connectivity index (χ3n) is 6.02. The minimum atomic E-state index is -10.1. The summed E-state index contributed by atoms with van der Waals surface area (Å²) in [5.41, 5.74) is -1.62. The van der Waals surface area contributed by atoms with Crippen molar-refractivity contribution in [3.63, 3.8) is 0 Å². The second-order valence-corrected chi connectivity index (χ2v) is 9.65. The van der Waals surface area contributed by atoms with Crippen molar-refractivity contribution in [1.29, 1.82) is 0 Å². The molecule has 0 radical (unpaired) electrons. The monoisotopic (exact) mass is 854 g/mol. The van der Waals surface area contributed by atoms with Crippen molar-refractivity contribution >= 4 is 5.97 Å². The van der Waals surface area contributed by atoms with Gasteiger partial charge in [0.15, 0.2) is 0 Å². The first-order valence-electron chi connectivity index (χ1n) is 11.1. The molecular formula is C19H5F31O2. The third kappa shape index (κ3) is 5.72. The van der Waals surface area contributed by atoms with Gasteiger partial charge in [-0.25, -0.2) is 4.79 Å². The first kappa shape index (κ1) is 49.0. The van der Waals surface area contributed by atoms with Gasteiger partial charge >= 0.3 is 95.2 Å². The molecule has 0 aromatic rings. The Morgan fingerprint density at radius 1 is 0.327 bits per heavy atom. The van der Waals surface area contributed by atoms with Gasteiger partial charge in [-0.05, 0) is 6.92 Å². The highest BCUT2D eigenvalue weighted by Gasteiger charge is 3.01. The van der Waals surface area contributed by atoms with Crippen LogP contribution in [0.4, 0.5) is 136 Å². The molecular weight excluding hydrogens is 849 g/mol. The predicted molar refractivity (Wildman–Crippen MR) is 96.2 cm³/mol. The molecule has 0 aliphatic heterocycles. The Hall–Kier alpha value is -2.96. The molecule has 2 nitrogen and oxygen atoms in total. The molecule has 0 aliphatic carbocycles. The summed E-state index contributed by atoms with van der Waals surface area (Å²) in [7, 11) is 0. The maximum Gasteiger partial charge on any atom is 0.473 e. The highest BCUT2D eigenvalue weighted by molar-refractivity contribution is 5.87. The summed E-state index contributed by atoms with van der Waals surface area (Å²) in [4.78, 5) is 10.9. The zero-order valence-corrected chi connectivity index (χ0v) is 22.7. The maximum atomic E-state index is 13.8. The summed E-state index contributed by atoms with van der Waals surface area (Å²) in [5.74, 6) is -129. The van der Waals surface area contributed by atoms with E-state index in [1.165, 1.54) is 0 Å². The molecule has 0 rings (SSSR count). The van der Waals surface area contributed by atoms with E-state index in [1.54, 1.807) is 0 Å². The van der Waals surface area contributed by atoms with Crippen LogP contribution < -0.4 is 0 Å². The predicted octanol–water partition coefficient (Wildman–Crippen LogP) is 10.5. The van der Waals surface area contributed by atoms with E-state index in [0.29, 0.717) is 0 Å². The second kappa shape index (κ2) is 12.0. The minimum Gasteiger partial charge on any atom is -0.393 e. The minimum absolute atomic E-state index is 0.125. The molecule has 0 amide bonds. The Kier molecular flexibility index (Phi) is 11.3. The Labute approximate surface area is 261 Å². The molecule has 0 bridgehead atoms. The molecule has 0 aromatic carbocycles. The molecule has 0 saturated heterocycles. The lowest BCUT2D eigenvalue weighted by atomic mass is 9.83. The number of ether oxygens (including phenoxy) is 1. The lowest BCUT2D eigenvalue weighted by Gasteiger charge is -2.46. The molecule has 0 heterocycles. The fraction of sp³-hybridized carbons (Fsp3) is 0.842. The van der Waals surface area contributed by atoms with E-state index in [9.17, 15) is 141 Å². The average molecular weight is 854 g/mol. The molecule has 33 heteroatoms. The number of esters is 1. The summed E-state index contributed by atoms with van der Waals surface area (Å²) in [5, 5.41) is 0. The van der Waals surface area contributed by atoms with Crippen LogP contribution in [0.5, 0.6) is 0 Å². The van der Waals surface area contributed by atoms with E-state index in [-0.39, 0.29) is 6.92 Å². The van der Waals surface area contributed by atoms with Gasteiger partial charge in [0.05, 0.1) is 0 Å². The molecule has 0 fully saturated rings. The fourth-order valence-corrected chi connectivity index (χ4v) is 2.80. The van der Waals surface area contributed by atoms with Crippen molar-refractivity contribution in [3.05, 3.63) is 12.2 Å². The summed E-state index contributed by atoms with van der Waals surface area (Å²) < 4.78 is 419. The zero-order valence-electron chi connectivity index (χ0n) is 22.7. The Morgan fingerprint density at radius 3 is 0.635 bits per heavy atom. The topological polar surface area (TPSA) is 26.3 Å². The van der Waals surface area contributed by atoms with Gasteiger partial charge in [0.1, 0.15) is 0 Å². The SMILES string of the molecule is C=C(C)C(=O)OC(F)(F)C(F)(F)C(F)(F)C(F)(F)C(F)(F)C(F)(F)C(F)(F)C(F)(F)C(F)(F)C(F)(F)C(F)(F)C(F)(F)C(F)(F)C(F)(F)C(F)(F)F. The van der Waals surface area contributed by atoms with Crippen LogP contribution in [-0.4, -0.2) is 95.2 Å². The molecule has 0 spiro atoms. The number of carbonyl (C=O) groups excluding carboxylic acids is 1. The standard InChI is InChI=1S/C19H5F31O2/c1-3(2)4(51)52-19(49,50)17(44,45)15(40,41)13(36,37)11(32,33)9(28,29)7(24,25)5(20,21)6(22,23)8(26,27)10(30,31)12(34,35)14(38,39)16(42,43)18(46,47)48/h1H2,2H3. The smallest absolute Gasteiger partial charge is 0.393 e. The number of halogens is 31. The number of alkyl halides is 31. The first-order valence-corrected chi connectivity index (χ1v) is 11.1. The van der Waals surface area contributed by atoms with Crippen LogP contribution in [0.3, 0.4) is 0 Å². The van der Waals surface area contributed by atoms with Crippen molar-refractivity contribution in [1.82, 2.24) is 0 Å². The van der Waals surface area contributed by atoms with Crippen LogP contribution in [-0.2, 0) is 9.53 Å². The highest BCUT2D eigenvalue weighted by atomic mass is 19.4. The van der Waals surface area contributed by atoms with Gasteiger partial charge in [0.25, 0.3) is 0 Å². The van der Waals surface area contributed by atoms with E-state index in [4.69, 9.17) is 0 Å². The summed E-state index contributed by atoms with van der Waals surface area (Å²) in [6, 6.07) is 0. The van der Waals surface area contributed by atoms with Gasteiger partial charge in [-0.2, -0.15) is 136 Å². The Balaban J connectivity index is 7.64. The number of carbonyl (C=O) groups is 1. The van der Waals surface area contributed by atoms with Gasteiger partial charge in [-0.15, -0.1) is 0 Å². The van der Waals surface area contributed by atoms with Crippen molar-refractivity contribution in [2.45, 2.75) is 96.2 Å². The molecule has 0 aliphatic rings. The number of rotatable bonds is 15. The first-order chi connectivity index (χ1) is 21.8. The number of hydrogen-bond donors (Lipinski definition) is 0. The van der Waals surface area contributed by atoms with E-state index < -0.39 is 101 Å². The zero-order chi connectivity index (χ0) is 43.4. The van der Waals surface area contributed by atoms with Crippen LogP contribution in [0.15, 0.2) is 12.2 Å². The molecule has 0 unspecified atom stereocenters. The van der Waals surface area contributed by atoms with Gasteiger partial charge in [-0.1, -0.05) is 6.58 Å². The summed E-state index contributed by atoms with van der Waals surface area (Å²) in [6.45, 7) is 2.40. The second-order valence-electron chi connectivity index (χ2n) is 9.65. The molecule has 0 aromatic heterocycles. The quantitative estimate of drug-likeness (QED) is 0.0932. The molecule has 0 saturated carbocycles. The van der Waals surface area contributed by atoms with Gasteiger partial charge in [-0.3, -0.25) is 0 Å². The van der Waals surface area contributed by atoms with Crippen LogP contribution >= 0.6 is 0 Å². The maximum absolute atomic E-state index is 13.8. The van der Waals surface area contributed by atoms with E-state index in [0.717, 1.165) is 0 Å². The average Bonchev–Trinajstić information content (AvgIpc) is 2.90. The van der Waals surface area contributed by atoms with Gasteiger partial charge in [0.2, 0.25) is 0 Å². The normalized spacial score (nSPS) is 16.6. The van der Waals surface area contributed by atoms with Crippen LogP contribution in [0.2, 0.25) is 0 Å². The summed E-state index contributed by atoms with van der Waals surface area (Å²) in [6.07, 6.45) is -16.1. The molecule has 0 N–H and O–H groups in total. The molecule has 310 valence electrons. The van der Waals surface area contributed by atoms with Crippen molar-refractivity contribution in [2.75, 3.05) is 0 Å².